The first-order chi connectivity index (χ1) is 8.86. The smallest absolute Gasteiger partial charge is 0.380 e. The molecule has 1 aliphatic heterocycles. The van der Waals surface area contributed by atoms with Crippen LogP contribution in [0.4, 0.5) is 13.2 Å². The fourth-order valence-corrected chi connectivity index (χ4v) is 2.41. The van der Waals surface area contributed by atoms with Crippen molar-refractivity contribution in [2.75, 3.05) is 19.8 Å². The lowest BCUT2D eigenvalue weighted by atomic mass is 9.89. The van der Waals surface area contributed by atoms with E-state index >= 15 is 0 Å². The maximum Gasteiger partial charge on any atom is 0.446 e. The summed E-state index contributed by atoms with van der Waals surface area (Å²) in [6, 6.07) is 6.45. The Morgan fingerprint density at radius 1 is 1.26 bits per heavy atom. The molecule has 0 aliphatic carbocycles. The second-order valence-corrected chi connectivity index (χ2v) is 6.24. The molecule has 2 nitrogen and oxygen atoms in total. The molecule has 6 heteroatoms. The zero-order valence-electron chi connectivity index (χ0n) is 10.6. The molecule has 0 atom stereocenters. The molecule has 106 valence electrons. The molecular formula is C13H16F3NOS. The Kier molecular flexibility index (Phi) is 4.43. The van der Waals surface area contributed by atoms with Crippen LogP contribution in [0.2, 0.25) is 0 Å². The van der Waals surface area contributed by atoms with Crippen LogP contribution in [0.1, 0.15) is 12.5 Å². The zero-order valence-corrected chi connectivity index (χ0v) is 11.4. The molecule has 0 bridgehead atoms. The third-order valence-electron chi connectivity index (χ3n) is 2.94. The number of alkyl halides is 3. The molecule has 0 radical (unpaired) electrons. The summed E-state index contributed by atoms with van der Waals surface area (Å²) >= 11 is -0.0866. The topological polar surface area (TPSA) is 21.3 Å². The molecule has 0 saturated carbocycles. The Hall–Kier alpha value is -0.720. The Morgan fingerprint density at radius 2 is 1.89 bits per heavy atom. The van der Waals surface area contributed by atoms with Crippen molar-refractivity contribution in [2.24, 2.45) is 5.41 Å². The molecule has 1 heterocycles. The minimum atomic E-state index is -4.22. The first-order valence-corrected chi connectivity index (χ1v) is 6.81. The van der Waals surface area contributed by atoms with Crippen molar-refractivity contribution in [1.29, 1.82) is 0 Å². The molecule has 0 aromatic heterocycles. The van der Waals surface area contributed by atoms with Crippen LogP contribution < -0.4 is 5.32 Å². The summed E-state index contributed by atoms with van der Waals surface area (Å²) in [6.07, 6.45) is 0. The summed E-state index contributed by atoms with van der Waals surface area (Å²) in [5, 5.41) is 3.30. The van der Waals surface area contributed by atoms with Crippen molar-refractivity contribution in [3.8, 4) is 0 Å². The number of rotatable bonds is 5. The summed E-state index contributed by atoms with van der Waals surface area (Å²) < 4.78 is 41.6. The lowest BCUT2D eigenvalue weighted by Gasteiger charge is -2.38. The predicted octanol–water partition coefficient (Wildman–Crippen LogP) is 3.42. The highest BCUT2D eigenvalue weighted by molar-refractivity contribution is 8.00. The van der Waals surface area contributed by atoms with E-state index in [1.54, 1.807) is 12.1 Å². The lowest BCUT2D eigenvalue weighted by Crippen LogP contribution is -2.47. The van der Waals surface area contributed by atoms with E-state index < -0.39 is 5.51 Å². The predicted molar refractivity (Wildman–Crippen MR) is 69.0 cm³/mol. The molecule has 1 aliphatic rings. The normalized spacial score (nSPS) is 18.1. The van der Waals surface area contributed by atoms with Gasteiger partial charge in [-0.25, -0.2) is 0 Å². The lowest BCUT2D eigenvalue weighted by molar-refractivity contribution is -0.0991. The van der Waals surface area contributed by atoms with E-state index in [1.807, 2.05) is 0 Å². The van der Waals surface area contributed by atoms with Crippen molar-refractivity contribution < 1.29 is 17.9 Å². The van der Waals surface area contributed by atoms with Gasteiger partial charge in [-0.15, -0.1) is 0 Å². The van der Waals surface area contributed by atoms with Gasteiger partial charge in [-0.1, -0.05) is 19.1 Å². The summed E-state index contributed by atoms with van der Waals surface area (Å²) in [6.45, 7) is 5.19. The van der Waals surface area contributed by atoms with Crippen LogP contribution in [0.15, 0.2) is 29.2 Å². The second-order valence-electron chi connectivity index (χ2n) is 5.10. The van der Waals surface area contributed by atoms with Gasteiger partial charge in [-0.3, -0.25) is 0 Å². The largest absolute Gasteiger partial charge is 0.446 e. The summed E-state index contributed by atoms with van der Waals surface area (Å²) in [7, 11) is 0. The Labute approximate surface area is 114 Å². The molecule has 19 heavy (non-hydrogen) atoms. The van der Waals surface area contributed by atoms with Gasteiger partial charge in [-0.2, -0.15) is 13.2 Å². The number of nitrogens with one attached hydrogen (secondary N) is 1. The molecule has 1 N–H and O–H groups in total. The average molecular weight is 291 g/mol. The standard InChI is InChI=1S/C13H16F3NOS/c1-12(8-18-9-12)7-17-6-10-2-4-11(5-3-10)19-13(14,15)16/h2-5,17H,6-9H2,1H3. The van der Waals surface area contributed by atoms with Crippen LogP contribution in [-0.2, 0) is 11.3 Å². The SMILES string of the molecule is CC1(CNCc2ccc(SC(F)(F)F)cc2)COC1. The van der Waals surface area contributed by atoms with E-state index in [0.717, 1.165) is 25.3 Å². The fraction of sp³-hybridized carbons (Fsp3) is 0.538. The highest BCUT2D eigenvalue weighted by Gasteiger charge is 2.32. The van der Waals surface area contributed by atoms with E-state index in [-0.39, 0.29) is 22.1 Å². The first kappa shape index (κ1) is 14.7. The molecule has 1 fully saturated rings. The highest BCUT2D eigenvalue weighted by atomic mass is 32.2. The maximum atomic E-state index is 12.2. The Morgan fingerprint density at radius 3 is 2.37 bits per heavy atom. The third-order valence-corrected chi connectivity index (χ3v) is 3.68. The number of hydrogen-bond donors (Lipinski definition) is 1. The van der Waals surface area contributed by atoms with Crippen LogP contribution in [0.25, 0.3) is 0 Å². The molecule has 0 spiro atoms. The van der Waals surface area contributed by atoms with Gasteiger partial charge in [0.15, 0.2) is 0 Å². The van der Waals surface area contributed by atoms with Crippen molar-refractivity contribution in [1.82, 2.24) is 5.32 Å². The molecule has 2 rings (SSSR count). The number of benzene rings is 1. The quantitative estimate of drug-likeness (QED) is 0.840. The molecule has 1 saturated heterocycles. The highest BCUT2D eigenvalue weighted by Crippen LogP contribution is 2.36. The molecule has 0 unspecified atom stereocenters. The third kappa shape index (κ3) is 4.71. The van der Waals surface area contributed by atoms with Crippen molar-refractivity contribution in [3.63, 3.8) is 0 Å². The van der Waals surface area contributed by atoms with Crippen LogP contribution in [0, 0.1) is 5.41 Å². The van der Waals surface area contributed by atoms with Gasteiger partial charge in [0.05, 0.1) is 13.2 Å². The van der Waals surface area contributed by atoms with Gasteiger partial charge < -0.3 is 10.1 Å². The van der Waals surface area contributed by atoms with Gasteiger partial charge in [0.2, 0.25) is 0 Å². The van der Waals surface area contributed by atoms with E-state index in [0.29, 0.717) is 6.54 Å². The molecular weight excluding hydrogens is 275 g/mol. The average Bonchev–Trinajstić information content (AvgIpc) is 2.27. The minimum absolute atomic E-state index is 0.0866. The van der Waals surface area contributed by atoms with Crippen molar-refractivity contribution in [2.45, 2.75) is 23.9 Å². The zero-order chi connectivity index (χ0) is 13.9. The van der Waals surface area contributed by atoms with Gasteiger partial charge in [0, 0.05) is 23.4 Å². The minimum Gasteiger partial charge on any atom is -0.380 e. The van der Waals surface area contributed by atoms with Gasteiger partial charge >= 0.3 is 5.51 Å². The van der Waals surface area contributed by atoms with Gasteiger partial charge in [-0.05, 0) is 29.5 Å². The number of hydrogen-bond acceptors (Lipinski definition) is 3. The van der Waals surface area contributed by atoms with E-state index in [1.165, 1.54) is 12.1 Å². The van der Waals surface area contributed by atoms with E-state index in [4.69, 9.17) is 4.74 Å². The number of ether oxygens (including phenoxy) is 1. The summed E-state index contributed by atoms with van der Waals surface area (Å²) in [4.78, 5) is 0.218. The Balaban J connectivity index is 1.78. The van der Waals surface area contributed by atoms with E-state index in [9.17, 15) is 13.2 Å². The monoisotopic (exact) mass is 291 g/mol. The van der Waals surface area contributed by atoms with Gasteiger partial charge in [0.25, 0.3) is 0 Å². The van der Waals surface area contributed by atoms with E-state index in [2.05, 4.69) is 12.2 Å². The summed E-state index contributed by atoms with van der Waals surface area (Å²) in [5.41, 5.74) is -3.04. The number of halogens is 3. The van der Waals surface area contributed by atoms with Gasteiger partial charge in [0.1, 0.15) is 0 Å². The first-order valence-electron chi connectivity index (χ1n) is 6.00. The second kappa shape index (κ2) is 5.73. The van der Waals surface area contributed by atoms with Crippen LogP contribution in [0.3, 0.4) is 0 Å². The Bertz CT molecular complexity index is 415. The molecule has 0 amide bonds. The number of thioether (sulfide) groups is 1. The fourth-order valence-electron chi connectivity index (χ4n) is 1.87. The maximum absolute atomic E-state index is 12.2. The summed E-state index contributed by atoms with van der Waals surface area (Å²) in [5.74, 6) is 0. The van der Waals surface area contributed by atoms with Crippen LogP contribution in [0.5, 0.6) is 0 Å². The van der Waals surface area contributed by atoms with Crippen LogP contribution in [-0.4, -0.2) is 25.3 Å². The van der Waals surface area contributed by atoms with Crippen molar-refractivity contribution in [3.05, 3.63) is 29.8 Å². The van der Waals surface area contributed by atoms with Crippen molar-refractivity contribution >= 4 is 11.8 Å². The molecule has 1 aromatic rings. The molecule has 1 aromatic carbocycles. The van der Waals surface area contributed by atoms with Crippen LogP contribution >= 0.6 is 11.8 Å².